The van der Waals surface area contributed by atoms with E-state index in [0.29, 0.717) is 10.7 Å². The molecule has 0 aliphatic rings. The van der Waals surface area contributed by atoms with Gasteiger partial charge in [0.25, 0.3) is 5.91 Å². The summed E-state index contributed by atoms with van der Waals surface area (Å²) in [6.45, 7) is 1.92. The van der Waals surface area contributed by atoms with Gasteiger partial charge < -0.3 is 0 Å². The molecule has 0 aliphatic carbocycles. The van der Waals surface area contributed by atoms with Gasteiger partial charge >= 0.3 is 0 Å². The van der Waals surface area contributed by atoms with Crippen LogP contribution in [-0.2, 0) is 0 Å². The van der Waals surface area contributed by atoms with E-state index in [1.165, 1.54) is 23.5 Å². The van der Waals surface area contributed by atoms with Crippen molar-refractivity contribution < 1.29 is 9.18 Å². The first-order valence-electron chi connectivity index (χ1n) is 6.83. The van der Waals surface area contributed by atoms with Gasteiger partial charge in [-0.15, -0.1) is 11.3 Å². The second-order valence-electron chi connectivity index (χ2n) is 4.89. The molecule has 116 valence electrons. The zero-order chi connectivity index (χ0) is 16.4. The van der Waals surface area contributed by atoms with Crippen molar-refractivity contribution in [2.45, 2.75) is 6.92 Å². The van der Waals surface area contributed by atoms with E-state index in [-0.39, 0.29) is 11.7 Å². The number of rotatable bonds is 3. The molecule has 1 aromatic heterocycles. The van der Waals surface area contributed by atoms with Gasteiger partial charge in [0.15, 0.2) is 5.13 Å². The number of hydrogen-bond donors (Lipinski definition) is 1. The normalized spacial score (nSPS) is 10.6. The Labute approximate surface area is 145 Å². The molecule has 0 fully saturated rings. The molecule has 23 heavy (non-hydrogen) atoms. The van der Waals surface area contributed by atoms with Gasteiger partial charge in [0.1, 0.15) is 5.82 Å². The maximum atomic E-state index is 13.0. The number of thiazole rings is 1. The van der Waals surface area contributed by atoms with Gasteiger partial charge in [-0.2, -0.15) is 0 Å². The molecule has 1 amide bonds. The molecule has 3 rings (SSSR count). The van der Waals surface area contributed by atoms with Gasteiger partial charge in [-0.3, -0.25) is 10.1 Å². The molecule has 3 aromatic rings. The van der Waals surface area contributed by atoms with Gasteiger partial charge in [0.05, 0.1) is 5.69 Å². The molecule has 0 spiro atoms. The summed E-state index contributed by atoms with van der Waals surface area (Å²) < 4.78 is 13.9. The predicted molar refractivity (Wildman–Crippen MR) is 94.3 cm³/mol. The number of amides is 1. The van der Waals surface area contributed by atoms with Crippen molar-refractivity contribution in [3.63, 3.8) is 0 Å². The molecule has 0 radical (unpaired) electrons. The Bertz CT molecular complexity index is 844. The minimum absolute atomic E-state index is 0.211. The average molecular weight is 391 g/mol. The number of aromatic nitrogens is 1. The van der Waals surface area contributed by atoms with E-state index in [1.54, 1.807) is 24.3 Å². The minimum atomic E-state index is -0.287. The molecule has 0 aliphatic heterocycles. The summed E-state index contributed by atoms with van der Waals surface area (Å²) in [4.78, 5) is 17.6. The zero-order valence-corrected chi connectivity index (χ0v) is 14.5. The summed E-state index contributed by atoms with van der Waals surface area (Å²) in [6.07, 6.45) is 0. The van der Waals surface area contributed by atoms with E-state index in [2.05, 4.69) is 26.2 Å². The highest BCUT2D eigenvalue weighted by Gasteiger charge is 2.13. The highest BCUT2D eigenvalue weighted by molar-refractivity contribution is 9.10. The molecule has 3 nitrogen and oxygen atoms in total. The number of halogens is 2. The van der Waals surface area contributed by atoms with E-state index < -0.39 is 0 Å². The van der Waals surface area contributed by atoms with Crippen molar-refractivity contribution in [3.8, 4) is 11.3 Å². The van der Waals surface area contributed by atoms with E-state index >= 15 is 0 Å². The van der Waals surface area contributed by atoms with Crippen LogP contribution in [0.25, 0.3) is 11.3 Å². The maximum Gasteiger partial charge on any atom is 0.257 e. The Hall–Kier alpha value is -2.05. The van der Waals surface area contributed by atoms with E-state index in [4.69, 9.17) is 0 Å². The number of nitrogens with zero attached hydrogens (tertiary/aromatic N) is 1. The molecule has 1 heterocycles. The monoisotopic (exact) mass is 390 g/mol. The second-order valence-corrected chi connectivity index (χ2v) is 7.01. The van der Waals surface area contributed by atoms with Crippen LogP contribution in [0.3, 0.4) is 0 Å². The quantitative estimate of drug-likeness (QED) is 0.661. The Balaban J connectivity index is 1.82. The summed E-state index contributed by atoms with van der Waals surface area (Å²) in [5.74, 6) is -0.498. The average Bonchev–Trinajstić information content (AvgIpc) is 2.89. The van der Waals surface area contributed by atoms with Crippen molar-refractivity contribution in [2.24, 2.45) is 0 Å². The molecular formula is C17H12BrFN2OS. The van der Waals surface area contributed by atoms with E-state index in [0.717, 1.165) is 20.6 Å². The van der Waals surface area contributed by atoms with Gasteiger partial charge in [-0.1, -0.05) is 15.9 Å². The Morgan fingerprint density at radius 2 is 1.78 bits per heavy atom. The Kier molecular flexibility index (Phi) is 4.54. The summed E-state index contributed by atoms with van der Waals surface area (Å²) in [6, 6.07) is 13.2. The van der Waals surface area contributed by atoms with Crippen LogP contribution >= 0.6 is 27.3 Å². The first kappa shape index (κ1) is 15.8. The van der Waals surface area contributed by atoms with Crippen molar-refractivity contribution in [1.82, 2.24) is 4.98 Å². The second kappa shape index (κ2) is 6.60. The third-order valence-electron chi connectivity index (χ3n) is 3.24. The largest absolute Gasteiger partial charge is 0.298 e. The lowest BCUT2D eigenvalue weighted by molar-refractivity contribution is 0.102. The van der Waals surface area contributed by atoms with Crippen LogP contribution < -0.4 is 5.32 Å². The maximum absolute atomic E-state index is 13.0. The van der Waals surface area contributed by atoms with Gasteiger partial charge in [0, 0.05) is 20.5 Å². The number of benzene rings is 2. The van der Waals surface area contributed by atoms with Crippen LogP contribution in [0.15, 0.2) is 53.0 Å². The molecular weight excluding hydrogens is 379 g/mol. The van der Waals surface area contributed by atoms with E-state index in [9.17, 15) is 9.18 Å². The minimum Gasteiger partial charge on any atom is -0.298 e. The van der Waals surface area contributed by atoms with E-state index in [1.807, 2.05) is 19.1 Å². The molecule has 6 heteroatoms. The highest BCUT2D eigenvalue weighted by Crippen LogP contribution is 2.30. The fourth-order valence-electron chi connectivity index (χ4n) is 2.10. The van der Waals surface area contributed by atoms with Crippen LogP contribution in [0.5, 0.6) is 0 Å². The van der Waals surface area contributed by atoms with Crippen molar-refractivity contribution >= 4 is 38.3 Å². The highest BCUT2D eigenvalue weighted by atomic mass is 79.9. The lowest BCUT2D eigenvalue weighted by atomic mass is 10.1. The number of nitrogens with one attached hydrogen (secondary N) is 1. The zero-order valence-electron chi connectivity index (χ0n) is 12.1. The summed E-state index contributed by atoms with van der Waals surface area (Å²) in [5, 5.41) is 3.32. The molecule has 0 bridgehead atoms. The lowest BCUT2D eigenvalue weighted by Crippen LogP contribution is -2.11. The summed E-state index contributed by atoms with van der Waals surface area (Å²) in [5.41, 5.74) is 2.13. The molecule has 0 atom stereocenters. The summed E-state index contributed by atoms with van der Waals surface area (Å²) in [7, 11) is 0. The smallest absolute Gasteiger partial charge is 0.257 e. The standard InChI is InChI=1S/C17H12BrFN2OS/c1-10-15(11-4-8-14(19)9-5-11)20-17(23-10)21-16(22)12-2-6-13(18)7-3-12/h2-9H,1H3,(H,20,21,22). The molecule has 2 aromatic carbocycles. The van der Waals surface area contributed by atoms with Crippen LogP contribution in [0.1, 0.15) is 15.2 Å². The number of hydrogen-bond acceptors (Lipinski definition) is 3. The molecule has 0 unspecified atom stereocenters. The van der Waals surface area contributed by atoms with Gasteiger partial charge in [0.2, 0.25) is 0 Å². The fourth-order valence-corrected chi connectivity index (χ4v) is 3.19. The number of carbonyl (C=O) groups excluding carboxylic acids is 1. The number of carbonyl (C=O) groups is 1. The number of aryl methyl sites for hydroxylation is 1. The SMILES string of the molecule is Cc1sc(NC(=O)c2ccc(Br)cc2)nc1-c1ccc(F)cc1. The third-order valence-corrected chi connectivity index (χ3v) is 4.66. The van der Waals surface area contributed by atoms with Crippen molar-refractivity contribution in [1.29, 1.82) is 0 Å². The van der Waals surface area contributed by atoms with Crippen molar-refractivity contribution in [3.05, 3.63) is 69.3 Å². The summed E-state index contributed by atoms with van der Waals surface area (Å²) >= 11 is 4.73. The van der Waals surface area contributed by atoms with Crippen LogP contribution in [0, 0.1) is 12.7 Å². The Morgan fingerprint density at radius 3 is 2.43 bits per heavy atom. The van der Waals surface area contributed by atoms with Crippen molar-refractivity contribution in [2.75, 3.05) is 5.32 Å². The van der Waals surface area contributed by atoms with Crippen LogP contribution in [-0.4, -0.2) is 10.9 Å². The van der Waals surface area contributed by atoms with Gasteiger partial charge in [-0.25, -0.2) is 9.37 Å². The topological polar surface area (TPSA) is 42.0 Å². The lowest BCUT2D eigenvalue weighted by Gasteiger charge is -2.01. The first-order valence-corrected chi connectivity index (χ1v) is 8.44. The molecule has 0 saturated carbocycles. The first-order chi connectivity index (χ1) is 11.0. The molecule has 0 saturated heterocycles. The van der Waals surface area contributed by atoms with Crippen LogP contribution in [0.4, 0.5) is 9.52 Å². The fraction of sp³-hybridized carbons (Fsp3) is 0.0588. The third kappa shape index (κ3) is 3.65. The molecule has 1 N–H and O–H groups in total. The number of anilines is 1. The Morgan fingerprint density at radius 1 is 1.13 bits per heavy atom. The van der Waals surface area contributed by atoms with Crippen LogP contribution in [0.2, 0.25) is 0 Å². The predicted octanol–water partition coefficient (Wildman–Crippen LogP) is 5.27. The van der Waals surface area contributed by atoms with Gasteiger partial charge in [-0.05, 0) is 55.5 Å².